The van der Waals surface area contributed by atoms with Crippen LogP contribution in [-0.2, 0) is 20.9 Å². The molecular weight excluding hydrogens is 270 g/mol. The average molecular weight is 285 g/mol. The summed E-state index contributed by atoms with van der Waals surface area (Å²) in [7, 11) is 1.20. The number of carboxylic acids is 1. The van der Waals surface area contributed by atoms with Crippen LogP contribution >= 0.6 is 0 Å². The molecule has 0 bridgehead atoms. The second-order valence-electron chi connectivity index (χ2n) is 3.81. The Kier molecular flexibility index (Phi) is 6.01. The minimum atomic E-state index is -1.23. The third-order valence-electron chi connectivity index (χ3n) is 2.38. The van der Waals surface area contributed by atoms with E-state index in [4.69, 9.17) is 9.63 Å². The molecule has 3 N–H and O–H groups in total. The largest absolute Gasteiger partial charge is 0.480 e. The number of nitrogens with zero attached hydrogens (tertiary/aromatic N) is 1. The Balaban J connectivity index is 2.38. The average Bonchev–Trinajstić information content (AvgIpc) is 2.93. The van der Waals surface area contributed by atoms with Gasteiger partial charge in [-0.2, -0.15) is 0 Å². The molecule has 1 rings (SSSR count). The number of esters is 1. The number of hydrogen-bond donors (Lipinski definition) is 3. The van der Waals surface area contributed by atoms with Crippen LogP contribution in [0.25, 0.3) is 0 Å². The summed E-state index contributed by atoms with van der Waals surface area (Å²) in [6, 6.07) is -0.297. The smallest absolute Gasteiger partial charge is 0.326 e. The number of urea groups is 1. The van der Waals surface area contributed by atoms with Gasteiger partial charge in [-0.25, -0.2) is 9.59 Å². The van der Waals surface area contributed by atoms with Crippen LogP contribution in [0.1, 0.15) is 18.6 Å². The van der Waals surface area contributed by atoms with E-state index in [1.165, 1.54) is 13.3 Å². The molecule has 0 aromatic carbocycles. The van der Waals surface area contributed by atoms with E-state index in [1.807, 2.05) is 0 Å². The molecule has 110 valence electrons. The first-order valence-corrected chi connectivity index (χ1v) is 5.76. The number of aromatic nitrogens is 1. The van der Waals surface area contributed by atoms with Crippen molar-refractivity contribution < 1.29 is 28.8 Å². The molecule has 1 atom stereocenters. The predicted octanol–water partition coefficient (Wildman–Crippen LogP) is -0.120. The summed E-state index contributed by atoms with van der Waals surface area (Å²) >= 11 is 0. The van der Waals surface area contributed by atoms with Crippen LogP contribution in [0.15, 0.2) is 16.8 Å². The third kappa shape index (κ3) is 5.38. The van der Waals surface area contributed by atoms with Gasteiger partial charge in [0.05, 0.1) is 19.9 Å². The zero-order valence-electron chi connectivity index (χ0n) is 10.8. The topological polar surface area (TPSA) is 131 Å². The van der Waals surface area contributed by atoms with Crippen LogP contribution < -0.4 is 10.6 Å². The van der Waals surface area contributed by atoms with Gasteiger partial charge in [-0.1, -0.05) is 5.16 Å². The number of ether oxygens (including phenoxy) is 1. The fourth-order valence-electron chi connectivity index (χ4n) is 1.33. The quantitative estimate of drug-likeness (QED) is 0.595. The molecule has 9 nitrogen and oxygen atoms in total. The summed E-state index contributed by atoms with van der Waals surface area (Å²) in [6.07, 6.45) is 1.26. The zero-order chi connectivity index (χ0) is 15.0. The molecule has 1 heterocycles. The van der Waals surface area contributed by atoms with Crippen molar-refractivity contribution in [1.29, 1.82) is 0 Å². The number of carbonyl (C=O) groups is 3. The van der Waals surface area contributed by atoms with Crippen molar-refractivity contribution in [3.05, 3.63) is 18.0 Å². The number of methoxy groups -OCH3 is 1. The van der Waals surface area contributed by atoms with Crippen LogP contribution in [0, 0.1) is 0 Å². The number of carbonyl (C=O) groups excluding carboxylic acids is 2. The van der Waals surface area contributed by atoms with E-state index in [9.17, 15) is 14.4 Å². The SMILES string of the molecule is COC(=O)CC[C@H](NC(=O)NCc1ccno1)C(=O)O. The number of carboxylic acid groups (broad SMARTS) is 1. The molecular formula is C11H15N3O6. The molecule has 0 saturated carbocycles. The Morgan fingerprint density at radius 3 is 2.80 bits per heavy atom. The van der Waals surface area contributed by atoms with Crippen LogP contribution in [0.3, 0.4) is 0 Å². The fraction of sp³-hybridized carbons (Fsp3) is 0.455. The van der Waals surface area contributed by atoms with Gasteiger partial charge in [-0.3, -0.25) is 4.79 Å². The summed E-state index contributed by atoms with van der Waals surface area (Å²) in [5, 5.41) is 17.0. The van der Waals surface area contributed by atoms with E-state index in [1.54, 1.807) is 6.07 Å². The third-order valence-corrected chi connectivity index (χ3v) is 2.38. The van der Waals surface area contributed by atoms with Gasteiger partial charge in [0.15, 0.2) is 5.76 Å². The lowest BCUT2D eigenvalue weighted by Crippen LogP contribution is -2.46. The lowest BCUT2D eigenvalue weighted by molar-refractivity contribution is -0.142. The van der Waals surface area contributed by atoms with Gasteiger partial charge in [0.2, 0.25) is 0 Å². The fourth-order valence-corrected chi connectivity index (χ4v) is 1.33. The molecule has 0 spiro atoms. The van der Waals surface area contributed by atoms with Crippen LogP contribution in [-0.4, -0.2) is 41.4 Å². The lowest BCUT2D eigenvalue weighted by Gasteiger charge is -2.14. The van der Waals surface area contributed by atoms with Crippen molar-refractivity contribution in [3.8, 4) is 0 Å². The molecule has 1 aromatic heterocycles. The first kappa shape index (κ1) is 15.5. The highest BCUT2D eigenvalue weighted by Gasteiger charge is 2.21. The van der Waals surface area contributed by atoms with Gasteiger partial charge in [0.1, 0.15) is 6.04 Å². The van der Waals surface area contributed by atoms with Gasteiger partial charge in [-0.05, 0) is 6.42 Å². The number of nitrogens with one attached hydrogen (secondary N) is 2. The van der Waals surface area contributed by atoms with Crippen LogP contribution in [0.5, 0.6) is 0 Å². The minimum absolute atomic E-state index is 0.0578. The predicted molar refractivity (Wildman–Crippen MR) is 64.5 cm³/mol. The number of hydrogen-bond acceptors (Lipinski definition) is 6. The van der Waals surface area contributed by atoms with Crippen molar-refractivity contribution in [2.24, 2.45) is 0 Å². The molecule has 2 amide bonds. The standard InChI is InChI=1S/C11H15N3O6/c1-19-9(15)3-2-8(10(16)17)14-11(18)12-6-7-4-5-13-20-7/h4-5,8H,2-3,6H2,1H3,(H,16,17)(H2,12,14,18)/t8-/m0/s1. The zero-order valence-corrected chi connectivity index (χ0v) is 10.8. The monoisotopic (exact) mass is 285 g/mol. The van der Waals surface area contributed by atoms with E-state index in [2.05, 4.69) is 20.5 Å². The Bertz CT molecular complexity index is 459. The molecule has 0 radical (unpaired) electrons. The molecule has 0 aliphatic carbocycles. The Morgan fingerprint density at radius 1 is 1.50 bits per heavy atom. The molecule has 9 heteroatoms. The summed E-state index contributed by atoms with van der Waals surface area (Å²) in [5.74, 6) is -1.34. The summed E-state index contributed by atoms with van der Waals surface area (Å²) in [4.78, 5) is 33.4. The molecule has 0 fully saturated rings. The van der Waals surface area contributed by atoms with Crippen LogP contribution in [0.2, 0.25) is 0 Å². The number of amides is 2. The van der Waals surface area contributed by atoms with Crippen molar-refractivity contribution in [1.82, 2.24) is 15.8 Å². The van der Waals surface area contributed by atoms with Gasteiger partial charge >= 0.3 is 18.0 Å². The second kappa shape index (κ2) is 7.77. The van der Waals surface area contributed by atoms with Crippen LogP contribution in [0.4, 0.5) is 4.79 Å². The first-order chi connectivity index (χ1) is 9.52. The van der Waals surface area contributed by atoms with Gasteiger partial charge in [0.25, 0.3) is 0 Å². The second-order valence-corrected chi connectivity index (χ2v) is 3.81. The molecule has 0 aliphatic rings. The first-order valence-electron chi connectivity index (χ1n) is 5.76. The molecule has 0 saturated heterocycles. The maximum atomic E-state index is 11.5. The van der Waals surface area contributed by atoms with E-state index in [-0.39, 0.29) is 19.4 Å². The Morgan fingerprint density at radius 2 is 2.25 bits per heavy atom. The maximum Gasteiger partial charge on any atom is 0.326 e. The summed E-state index contributed by atoms with van der Waals surface area (Å²) in [5.41, 5.74) is 0. The minimum Gasteiger partial charge on any atom is -0.480 e. The normalized spacial score (nSPS) is 11.4. The molecule has 0 aliphatic heterocycles. The van der Waals surface area contributed by atoms with Crippen molar-refractivity contribution >= 4 is 18.0 Å². The number of rotatable bonds is 7. The molecule has 0 unspecified atom stereocenters. The van der Waals surface area contributed by atoms with Gasteiger partial charge in [0, 0.05) is 12.5 Å². The highest BCUT2D eigenvalue weighted by molar-refractivity contribution is 5.83. The van der Waals surface area contributed by atoms with Gasteiger partial charge < -0.3 is 25.0 Å². The number of aliphatic carboxylic acids is 1. The van der Waals surface area contributed by atoms with E-state index < -0.39 is 24.0 Å². The van der Waals surface area contributed by atoms with Crippen molar-refractivity contribution in [3.63, 3.8) is 0 Å². The summed E-state index contributed by atoms with van der Waals surface area (Å²) < 4.78 is 9.16. The Labute approximate surface area is 114 Å². The van der Waals surface area contributed by atoms with E-state index >= 15 is 0 Å². The summed E-state index contributed by atoms with van der Waals surface area (Å²) in [6.45, 7) is 0.0785. The highest BCUT2D eigenvalue weighted by atomic mass is 16.5. The Hall–Kier alpha value is -2.58. The molecule has 20 heavy (non-hydrogen) atoms. The van der Waals surface area contributed by atoms with E-state index in [0.717, 1.165) is 0 Å². The maximum absolute atomic E-state index is 11.5. The lowest BCUT2D eigenvalue weighted by atomic mass is 10.1. The highest BCUT2D eigenvalue weighted by Crippen LogP contribution is 2.00. The van der Waals surface area contributed by atoms with E-state index in [0.29, 0.717) is 5.76 Å². The molecule has 1 aromatic rings. The van der Waals surface area contributed by atoms with Crippen molar-refractivity contribution in [2.75, 3.05) is 7.11 Å². The van der Waals surface area contributed by atoms with Crippen molar-refractivity contribution in [2.45, 2.75) is 25.4 Å². The van der Waals surface area contributed by atoms with Gasteiger partial charge in [-0.15, -0.1) is 0 Å².